The summed E-state index contributed by atoms with van der Waals surface area (Å²) >= 11 is 1.97. The normalized spacial score (nSPS) is 17.1. The second kappa shape index (κ2) is 4.61. The van der Waals surface area contributed by atoms with Crippen molar-refractivity contribution in [3.63, 3.8) is 0 Å². The van der Waals surface area contributed by atoms with E-state index in [2.05, 4.69) is 10.3 Å². The minimum absolute atomic E-state index is 0.258. The minimum atomic E-state index is -0.930. The topological polar surface area (TPSA) is 68.0 Å². The first kappa shape index (κ1) is 11.5. The first-order chi connectivity index (χ1) is 8.75. The van der Waals surface area contributed by atoms with Crippen LogP contribution in [0.4, 0.5) is 0 Å². The van der Waals surface area contributed by atoms with Crippen LogP contribution < -0.4 is 0 Å². The van der Waals surface area contributed by atoms with Crippen molar-refractivity contribution in [1.82, 2.24) is 15.0 Å². The van der Waals surface area contributed by atoms with E-state index < -0.39 is 5.97 Å². The van der Waals surface area contributed by atoms with Gasteiger partial charge < -0.3 is 5.11 Å². The zero-order chi connectivity index (χ0) is 12.5. The SMILES string of the molecule is O=C(O)c1ccc2c(c1)nnn2C1CCSCC1. The number of carboxylic acid groups (broad SMARTS) is 1. The highest BCUT2D eigenvalue weighted by Gasteiger charge is 2.19. The largest absolute Gasteiger partial charge is 0.478 e. The van der Waals surface area contributed by atoms with Crippen LogP contribution in [0, 0.1) is 0 Å². The number of rotatable bonds is 2. The van der Waals surface area contributed by atoms with Crippen LogP contribution in [-0.2, 0) is 0 Å². The van der Waals surface area contributed by atoms with Gasteiger partial charge in [-0.25, -0.2) is 9.48 Å². The Kier molecular flexibility index (Phi) is 2.95. The number of carbonyl (C=O) groups is 1. The summed E-state index contributed by atoms with van der Waals surface area (Å²) in [7, 11) is 0. The molecule has 94 valence electrons. The van der Waals surface area contributed by atoms with Gasteiger partial charge in [0.25, 0.3) is 0 Å². The molecule has 1 aliphatic rings. The lowest BCUT2D eigenvalue weighted by Gasteiger charge is -2.21. The Hall–Kier alpha value is -1.56. The molecule has 0 radical (unpaired) electrons. The van der Waals surface area contributed by atoms with E-state index in [-0.39, 0.29) is 5.56 Å². The fourth-order valence-corrected chi connectivity index (χ4v) is 3.36. The van der Waals surface area contributed by atoms with E-state index in [0.29, 0.717) is 11.6 Å². The van der Waals surface area contributed by atoms with Crippen LogP contribution in [0.1, 0.15) is 29.2 Å². The van der Waals surface area contributed by atoms with Crippen LogP contribution >= 0.6 is 11.8 Å². The second-order valence-corrected chi connectivity index (χ2v) is 5.61. The van der Waals surface area contributed by atoms with Crippen LogP contribution in [0.3, 0.4) is 0 Å². The molecule has 1 aromatic carbocycles. The van der Waals surface area contributed by atoms with Gasteiger partial charge in [0.05, 0.1) is 17.1 Å². The fourth-order valence-electron chi connectivity index (χ4n) is 2.27. The number of aromatic nitrogens is 3. The molecular weight excluding hydrogens is 250 g/mol. The molecule has 0 aliphatic carbocycles. The van der Waals surface area contributed by atoms with Gasteiger partial charge in [0.15, 0.2) is 0 Å². The van der Waals surface area contributed by atoms with E-state index >= 15 is 0 Å². The predicted molar refractivity (Wildman–Crippen MR) is 70.1 cm³/mol. The highest BCUT2D eigenvalue weighted by Crippen LogP contribution is 2.28. The van der Waals surface area contributed by atoms with Gasteiger partial charge in [-0.15, -0.1) is 5.10 Å². The maximum Gasteiger partial charge on any atom is 0.335 e. The Morgan fingerprint density at radius 2 is 2.17 bits per heavy atom. The second-order valence-electron chi connectivity index (χ2n) is 4.39. The Labute approximate surface area is 108 Å². The molecule has 1 aliphatic heterocycles. The summed E-state index contributed by atoms with van der Waals surface area (Å²) in [6, 6.07) is 5.40. The number of nitrogens with zero attached hydrogens (tertiary/aromatic N) is 3. The van der Waals surface area contributed by atoms with Gasteiger partial charge in [0, 0.05) is 0 Å². The van der Waals surface area contributed by atoms with Crippen LogP contribution in [0.25, 0.3) is 11.0 Å². The summed E-state index contributed by atoms with van der Waals surface area (Å²) < 4.78 is 1.95. The van der Waals surface area contributed by atoms with Crippen LogP contribution in [0.2, 0.25) is 0 Å². The van der Waals surface area contributed by atoms with E-state index in [1.165, 1.54) is 0 Å². The molecule has 1 fully saturated rings. The molecule has 0 atom stereocenters. The number of hydrogen-bond acceptors (Lipinski definition) is 4. The van der Waals surface area contributed by atoms with Gasteiger partial charge in [0.1, 0.15) is 5.52 Å². The molecule has 0 amide bonds. The Morgan fingerprint density at radius 1 is 1.39 bits per heavy atom. The Bertz CT molecular complexity index is 590. The third-order valence-electron chi connectivity index (χ3n) is 3.25. The molecule has 0 bridgehead atoms. The number of carboxylic acids is 1. The lowest BCUT2D eigenvalue weighted by atomic mass is 10.1. The number of thioether (sulfide) groups is 1. The molecule has 3 rings (SSSR count). The molecule has 5 nitrogen and oxygen atoms in total. The summed E-state index contributed by atoms with van der Waals surface area (Å²) in [4.78, 5) is 10.9. The summed E-state index contributed by atoms with van der Waals surface area (Å²) in [6.45, 7) is 0. The zero-order valence-corrected chi connectivity index (χ0v) is 10.6. The van der Waals surface area contributed by atoms with Crippen LogP contribution in [0.5, 0.6) is 0 Å². The van der Waals surface area contributed by atoms with Gasteiger partial charge >= 0.3 is 5.97 Å². The smallest absolute Gasteiger partial charge is 0.335 e. The van der Waals surface area contributed by atoms with Gasteiger partial charge in [-0.1, -0.05) is 5.21 Å². The zero-order valence-electron chi connectivity index (χ0n) is 9.74. The van der Waals surface area contributed by atoms with Crippen LogP contribution in [-0.4, -0.2) is 37.6 Å². The van der Waals surface area contributed by atoms with Gasteiger partial charge in [-0.2, -0.15) is 11.8 Å². The quantitative estimate of drug-likeness (QED) is 0.899. The summed E-state index contributed by atoms with van der Waals surface area (Å²) in [5.74, 6) is 1.37. The molecule has 18 heavy (non-hydrogen) atoms. The van der Waals surface area contributed by atoms with E-state index in [1.54, 1.807) is 18.2 Å². The fraction of sp³-hybridized carbons (Fsp3) is 0.417. The maximum atomic E-state index is 10.9. The molecular formula is C12H13N3O2S. The van der Waals surface area contributed by atoms with Crippen molar-refractivity contribution in [2.45, 2.75) is 18.9 Å². The molecule has 1 saturated heterocycles. The molecule has 0 unspecified atom stereocenters. The van der Waals surface area contributed by atoms with Crippen LogP contribution in [0.15, 0.2) is 18.2 Å². The van der Waals surface area contributed by atoms with Crippen molar-refractivity contribution in [3.8, 4) is 0 Å². The molecule has 6 heteroatoms. The molecule has 2 heterocycles. The summed E-state index contributed by atoms with van der Waals surface area (Å²) in [5, 5.41) is 17.2. The average Bonchev–Trinajstić information content (AvgIpc) is 2.82. The Morgan fingerprint density at radius 3 is 2.89 bits per heavy atom. The number of benzene rings is 1. The number of aromatic carboxylic acids is 1. The van der Waals surface area contributed by atoms with E-state index in [1.807, 2.05) is 16.4 Å². The first-order valence-corrected chi connectivity index (χ1v) is 7.07. The standard InChI is InChI=1S/C12H13N3O2S/c16-12(17)8-1-2-11-10(7-8)13-14-15(11)9-3-5-18-6-4-9/h1-2,7,9H,3-6H2,(H,16,17). The van der Waals surface area contributed by atoms with Crippen molar-refractivity contribution >= 4 is 28.8 Å². The summed E-state index contributed by atoms with van der Waals surface area (Å²) in [5.41, 5.74) is 1.85. The van der Waals surface area contributed by atoms with Crippen molar-refractivity contribution in [1.29, 1.82) is 0 Å². The van der Waals surface area contributed by atoms with E-state index in [9.17, 15) is 4.79 Å². The minimum Gasteiger partial charge on any atom is -0.478 e. The highest BCUT2D eigenvalue weighted by atomic mass is 32.2. The summed E-state index contributed by atoms with van der Waals surface area (Å²) in [6.07, 6.45) is 2.20. The van der Waals surface area contributed by atoms with Crippen molar-refractivity contribution < 1.29 is 9.90 Å². The predicted octanol–water partition coefficient (Wildman–Crippen LogP) is 2.20. The monoisotopic (exact) mass is 263 g/mol. The molecule has 1 N–H and O–H groups in total. The number of hydrogen-bond donors (Lipinski definition) is 1. The van der Waals surface area contributed by atoms with Crippen molar-refractivity contribution in [3.05, 3.63) is 23.8 Å². The van der Waals surface area contributed by atoms with Crippen molar-refractivity contribution in [2.75, 3.05) is 11.5 Å². The van der Waals surface area contributed by atoms with Gasteiger partial charge in [0.2, 0.25) is 0 Å². The van der Waals surface area contributed by atoms with Crippen molar-refractivity contribution in [2.24, 2.45) is 0 Å². The highest BCUT2D eigenvalue weighted by molar-refractivity contribution is 7.99. The van der Waals surface area contributed by atoms with Gasteiger partial charge in [-0.3, -0.25) is 0 Å². The van der Waals surface area contributed by atoms with E-state index in [4.69, 9.17) is 5.11 Å². The maximum absolute atomic E-state index is 10.9. The Balaban J connectivity index is 2.01. The average molecular weight is 263 g/mol. The number of fused-ring (bicyclic) bond motifs is 1. The third-order valence-corrected chi connectivity index (χ3v) is 4.30. The molecule has 2 aromatic rings. The third kappa shape index (κ3) is 1.96. The first-order valence-electron chi connectivity index (χ1n) is 5.92. The van der Waals surface area contributed by atoms with E-state index in [0.717, 1.165) is 29.9 Å². The molecule has 0 spiro atoms. The molecule has 0 saturated carbocycles. The molecule has 1 aromatic heterocycles. The van der Waals surface area contributed by atoms with Gasteiger partial charge in [-0.05, 0) is 42.5 Å². The lowest BCUT2D eigenvalue weighted by molar-refractivity contribution is 0.0697. The lowest BCUT2D eigenvalue weighted by Crippen LogP contribution is -2.16.